The van der Waals surface area contributed by atoms with Gasteiger partial charge in [0.2, 0.25) is 14.0 Å². The lowest BCUT2D eigenvalue weighted by atomic mass is 10.1. The van der Waals surface area contributed by atoms with Gasteiger partial charge in [-0.3, -0.25) is 32.5 Å². The summed E-state index contributed by atoms with van der Waals surface area (Å²) in [5.41, 5.74) is 10.7. The summed E-state index contributed by atoms with van der Waals surface area (Å²) >= 11 is 0. The fraction of sp³-hybridized carbons (Fsp3) is 0.500. The number of hydrogen-bond acceptors (Lipinski definition) is 18. The first kappa shape index (κ1) is 31.5. The van der Waals surface area contributed by atoms with Gasteiger partial charge in [-0.15, -0.1) is 0 Å². The van der Waals surface area contributed by atoms with Gasteiger partial charge in [0.15, 0.2) is 41.4 Å². The van der Waals surface area contributed by atoms with E-state index in [1.54, 1.807) is 0 Å². The molecular weight excluding hydrogens is 650 g/mol. The summed E-state index contributed by atoms with van der Waals surface area (Å²) in [7, 11) is -8.34. The van der Waals surface area contributed by atoms with Gasteiger partial charge in [0.25, 0.3) is 5.56 Å². The summed E-state index contributed by atoms with van der Waals surface area (Å²) in [5.74, 6) is -0.238. The molecule has 6 heterocycles. The number of nitrogens with two attached hydrogens (primary N) is 2. The van der Waals surface area contributed by atoms with E-state index < -0.39 is 83.6 Å². The van der Waals surface area contributed by atoms with Crippen LogP contribution in [0.15, 0.2) is 23.8 Å². The first-order valence-corrected chi connectivity index (χ1v) is 15.9. The van der Waals surface area contributed by atoms with E-state index >= 15 is 0 Å². The van der Waals surface area contributed by atoms with E-state index in [9.17, 15) is 34.1 Å². The van der Waals surface area contributed by atoms with Crippen LogP contribution in [0.25, 0.3) is 22.3 Å². The van der Waals surface area contributed by atoms with Crippen molar-refractivity contribution < 1.29 is 57.5 Å². The molecule has 10 atom stereocenters. The quantitative estimate of drug-likeness (QED) is 0.0771. The summed E-state index contributed by atoms with van der Waals surface area (Å²) in [5, 5.41) is 32.1. The Labute approximate surface area is 249 Å². The molecule has 0 saturated carbocycles. The number of nitrogens with one attached hydrogen (secondary N) is 1. The number of imidazole rings is 2. The fourth-order valence-electron chi connectivity index (χ4n) is 4.88. The maximum atomic E-state index is 13.1. The van der Waals surface area contributed by atoms with Crippen molar-refractivity contribution in [1.82, 2.24) is 39.0 Å². The van der Waals surface area contributed by atoms with Crippen molar-refractivity contribution in [3.63, 3.8) is 0 Å². The third-order valence-electron chi connectivity index (χ3n) is 6.92. The van der Waals surface area contributed by atoms with Gasteiger partial charge in [0.05, 0.1) is 19.3 Å². The number of ether oxygens (including phenoxy) is 3. The number of anilines is 2. The lowest BCUT2D eigenvalue weighted by Gasteiger charge is -2.24. The lowest BCUT2D eigenvalue weighted by molar-refractivity contribution is -0.166. The number of fused-ring (bicyclic) bond motifs is 2. The van der Waals surface area contributed by atoms with E-state index in [0.29, 0.717) is 0 Å². The largest absolute Gasteiger partial charge is 0.472 e. The van der Waals surface area contributed by atoms with Crippen LogP contribution in [-0.4, -0.2) is 114 Å². The summed E-state index contributed by atoms with van der Waals surface area (Å²) in [6.07, 6.45) is -9.93. The molecule has 0 aliphatic carbocycles. The molecule has 45 heavy (non-hydrogen) atoms. The van der Waals surface area contributed by atoms with Gasteiger partial charge in [-0.25, -0.2) is 24.5 Å². The van der Waals surface area contributed by atoms with Crippen molar-refractivity contribution in [1.29, 1.82) is 0 Å². The maximum Gasteiger partial charge on any atom is 0.472 e. The predicted octanol–water partition coefficient (Wildman–Crippen LogP) is -3.10. The van der Waals surface area contributed by atoms with Gasteiger partial charge in [-0.1, -0.05) is 0 Å². The van der Waals surface area contributed by atoms with Gasteiger partial charge in [-0.2, -0.15) is 4.98 Å². The Kier molecular flexibility index (Phi) is 8.45. The van der Waals surface area contributed by atoms with Crippen LogP contribution in [0.5, 0.6) is 0 Å². The van der Waals surface area contributed by atoms with Crippen LogP contribution in [0.4, 0.5) is 11.8 Å². The molecule has 25 heteroatoms. The number of phosphoric acid groups is 1. The van der Waals surface area contributed by atoms with Crippen molar-refractivity contribution in [3.05, 3.63) is 29.3 Å². The zero-order valence-corrected chi connectivity index (χ0v) is 24.4. The molecule has 4 aromatic rings. The molecule has 244 valence electrons. The molecular formula is C20H26N10O13P2. The summed E-state index contributed by atoms with van der Waals surface area (Å²) in [6, 6.07) is 0. The van der Waals surface area contributed by atoms with Crippen molar-refractivity contribution >= 4 is 49.9 Å². The average molecular weight is 676 g/mol. The standard InChI is InChI=1S/C20H26N10O13P2/c21-13-7-14(24-2-23-13)29(3-25-7)17-10(32)9(31)6(41-17)1-40-45(37,38)43-12-11(33)19(39-5-44(35)36)42-18(12)30-4-26-8-15(30)27-20(22)28-16(8)34/h2-4,6,9-12,17-19,31-33,44H,1,5H2,(H,35,36)(H,37,38)(H2,21,23,24)(H3,22,27,28,34)/t6-,9+,10?,11-,12+,17-,18-,19+/m1/s1. The molecule has 4 aromatic heterocycles. The Bertz CT molecular complexity index is 1850. The molecule has 2 fully saturated rings. The van der Waals surface area contributed by atoms with Crippen LogP contribution in [-0.2, 0) is 32.4 Å². The minimum absolute atomic E-state index is 0.0644. The maximum absolute atomic E-state index is 13.1. The van der Waals surface area contributed by atoms with Crippen molar-refractivity contribution in [3.8, 4) is 0 Å². The van der Waals surface area contributed by atoms with Crippen molar-refractivity contribution in [2.75, 3.05) is 24.4 Å². The van der Waals surface area contributed by atoms with Crippen LogP contribution in [0.2, 0.25) is 0 Å². The molecule has 10 N–H and O–H groups in total. The Morgan fingerprint density at radius 2 is 1.71 bits per heavy atom. The summed E-state index contributed by atoms with van der Waals surface area (Å²) in [6.45, 7) is -0.797. The third kappa shape index (κ3) is 5.96. The van der Waals surface area contributed by atoms with Gasteiger partial charge in [0.1, 0.15) is 48.7 Å². The Hall–Kier alpha value is -3.44. The third-order valence-corrected chi connectivity index (χ3v) is 8.32. The van der Waals surface area contributed by atoms with Crippen LogP contribution in [0.1, 0.15) is 12.5 Å². The number of aromatic nitrogens is 8. The Morgan fingerprint density at radius 3 is 2.44 bits per heavy atom. The molecule has 0 bridgehead atoms. The van der Waals surface area contributed by atoms with E-state index in [2.05, 4.69) is 29.9 Å². The highest BCUT2D eigenvalue weighted by Gasteiger charge is 2.51. The van der Waals surface area contributed by atoms with Crippen molar-refractivity contribution in [2.45, 2.75) is 49.3 Å². The molecule has 3 unspecified atom stereocenters. The van der Waals surface area contributed by atoms with Gasteiger partial charge in [0, 0.05) is 0 Å². The van der Waals surface area contributed by atoms with Gasteiger partial charge < -0.3 is 50.8 Å². The number of aliphatic hydroxyl groups is 3. The van der Waals surface area contributed by atoms with Crippen LogP contribution < -0.4 is 17.0 Å². The monoisotopic (exact) mass is 676 g/mol. The highest BCUT2D eigenvalue weighted by Crippen LogP contribution is 2.50. The van der Waals surface area contributed by atoms with Crippen LogP contribution >= 0.6 is 15.9 Å². The molecule has 0 amide bonds. The predicted molar refractivity (Wildman–Crippen MR) is 146 cm³/mol. The minimum Gasteiger partial charge on any atom is -0.387 e. The van der Waals surface area contributed by atoms with Crippen LogP contribution in [0.3, 0.4) is 0 Å². The molecule has 2 aliphatic heterocycles. The molecule has 0 spiro atoms. The van der Waals surface area contributed by atoms with E-state index in [1.807, 2.05) is 0 Å². The Balaban J connectivity index is 1.20. The highest BCUT2D eigenvalue weighted by atomic mass is 31.2. The Morgan fingerprint density at radius 1 is 1.00 bits per heavy atom. The van der Waals surface area contributed by atoms with Crippen molar-refractivity contribution in [2.24, 2.45) is 0 Å². The molecule has 6 rings (SSSR count). The zero-order valence-electron chi connectivity index (χ0n) is 22.5. The number of phosphoric ester groups is 1. The van der Waals surface area contributed by atoms with E-state index in [4.69, 9.17) is 39.6 Å². The number of nitrogens with zero attached hydrogens (tertiary/aromatic N) is 7. The summed E-state index contributed by atoms with van der Waals surface area (Å²) in [4.78, 5) is 54.1. The van der Waals surface area contributed by atoms with E-state index in [0.717, 1.165) is 17.2 Å². The number of aromatic amines is 1. The SMILES string of the molecule is Nc1nc2c(ncn2[C@@H]2O[C@H](OC[PH](=O)O)[C@H](O)[C@@H]2OP(=O)(O)OC[C@H]2O[C@@H](n3cnc4c(N)ncnc43)C(O)[C@H]2O)c(=O)[nH]1. The molecule has 2 saturated heterocycles. The highest BCUT2D eigenvalue weighted by molar-refractivity contribution is 7.47. The second-order valence-corrected chi connectivity index (χ2v) is 12.3. The van der Waals surface area contributed by atoms with Gasteiger partial charge in [-0.05, 0) is 0 Å². The topological polar surface area (TPSA) is 341 Å². The molecule has 0 aromatic carbocycles. The van der Waals surface area contributed by atoms with Gasteiger partial charge >= 0.3 is 7.82 Å². The number of H-pyrrole nitrogens is 1. The summed E-state index contributed by atoms with van der Waals surface area (Å²) < 4.78 is 53.4. The smallest absolute Gasteiger partial charge is 0.387 e. The minimum atomic E-state index is -5.16. The molecule has 23 nitrogen and oxygen atoms in total. The average Bonchev–Trinajstić information content (AvgIpc) is 3.73. The number of hydrogen-bond donors (Lipinski definition) is 8. The first-order chi connectivity index (χ1) is 21.3. The zero-order chi connectivity index (χ0) is 32.2. The number of nitrogen functional groups attached to an aromatic ring is 2. The van der Waals surface area contributed by atoms with E-state index in [-0.39, 0.29) is 34.1 Å². The molecule has 0 radical (unpaired) electrons. The fourth-order valence-corrected chi connectivity index (χ4v) is 6.12. The number of aliphatic hydroxyl groups excluding tert-OH is 3. The lowest BCUT2D eigenvalue weighted by Crippen LogP contribution is -2.36. The van der Waals surface area contributed by atoms with Crippen LogP contribution in [0, 0.1) is 0 Å². The van der Waals surface area contributed by atoms with E-state index in [1.165, 1.54) is 10.9 Å². The molecule has 2 aliphatic rings. The first-order valence-electron chi connectivity index (χ1n) is 12.8. The second-order valence-electron chi connectivity index (χ2n) is 9.83. The normalized spacial score (nSPS) is 30.7. The number of rotatable bonds is 10. The second kappa shape index (κ2) is 12.1.